The van der Waals surface area contributed by atoms with E-state index in [9.17, 15) is 18.0 Å². The lowest BCUT2D eigenvalue weighted by molar-refractivity contribution is -0.141. The molecule has 0 atom stereocenters. The maximum Gasteiger partial charge on any atom is 0.433 e. The highest BCUT2D eigenvalue weighted by atomic mass is 19.4. The van der Waals surface area contributed by atoms with Crippen LogP contribution in [0, 0.1) is 5.92 Å². The van der Waals surface area contributed by atoms with Crippen LogP contribution in [-0.4, -0.2) is 42.0 Å². The molecule has 1 aliphatic heterocycles. The van der Waals surface area contributed by atoms with Gasteiger partial charge in [-0.15, -0.1) is 0 Å². The van der Waals surface area contributed by atoms with E-state index in [1.165, 1.54) is 12.1 Å². The van der Waals surface area contributed by atoms with E-state index in [4.69, 9.17) is 10.5 Å². The zero-order valence-corrected chi connectivity index (χ0v) is 12.0. The largest absolute Gasteiger partial charge is 0.477 e. The molecule has 0 aromatic carbocycles. The van der Waals surface area contributed by atoms with E-state index < -0.39 is 11.9 Å². The van der Waals surface area contributed by atoms with Crippen LogP contribution in [0.25, 0.3) is 0 Å². The van der Waals surface area contributed by atoms with Crippen molar-refractivity contribution in [3.05, 3.63) is 23.9 Å². The van der Waals surface area contributed by atoms with E-state index in [1.807, 2.05) is 4.90 Å². The minimum Gasteiger partial charge on any atom is -0.477 e. The fourth-order valence-electron chi connectivity index (χ4n) is 2.39. The summed E-state index contributed by atoms with van der Waals surface area (Å²) in [6.45, 7) is 2.02. The number of halogens is 3. The van der Waals surface area contributed by atoms with Crippen molar-refractivity contribution in [2.45, 2.75) is 19.0 Å². The number of hydrogen-bond acceptors (Lipinski definition) is 4. The number of aromatic nitrogens is 1. The van der Waals surface area contributed by atoms with Gasteiger partial charge in [-0.25, -0.2) is 4.98 Å². The van der Waals surface area contributed by atoms with Crippen LogP contribution in [0.15, 0.2) is 18.2 Å². The molecule has 1 aromatic rings. The Labute approximate surface area is 126 Å². The van der Waals surface area contributed by atoms with Gasteiger partial charge in [-0.2, -0.15) is 13.2 Å². The van der Waals surface area contributed by atoms with Crippen molar-refractivity contribution in [1.29, 1.82) is 0 Å². The first-order valence-electron chi connectivity index (χ1n) is 7.02. The van der Waals surface area contributed by atoms with Gasteiger partial charge >= 0.3 is 6.18 Å². The van der Waals surface area contributed by atoms with E-state index in [-0.39, 0.29) is 24.2 Å². The third-order valence-electron chi connectivity index (χ3n) is 3.57. The normalized spacial score (nSPS) is 17.4. The number of piperidine rings is 1. The van der Waals surface area contributed by atoms with Gasteiger partial charge in [0.05, 0.1) is 13.2 Å². The molecule has 1 aliphatic rings. The Morgan fingerprint density at radius 2 is 2.05 bits per heavy atom. The highest BCUT2D eigenvalue weighted by Gasteiger charge is 2.32. The molecule has 0 radical (unpaired) electrons. The molecule has 22 heavy (non-hydrogen) atoms. The second-order valence-corrected chi connectivity index (χ2v) is 5.36. The van der Waals surface area contributed by atoms with E-state index in [1.54, 1.807) is 0 Å². The number of amides is 1. The van der Waals surface area contributed by atoms with E-state index >= 15 is 0 Å². The Kier molecular flexibility index (Phi) is 5.23. The quantitative estimate of drug-likeness (QED) is 0.897. The highest BCUT2D eigenvalue weighted by molar-refractivity contribution is 5.75. The molecule has 1 amide bonds. The van der Waals surface area contributed by atoms with E-state index in [2.05, 4.69) is 4.98 Å². The average Bonchev–Trinajstić information content (AvgIpc) is 2.45. The standard InChI is InChI=1S/C14H18F3N3O2/c15-14(16,17)11-2-1-3-13(19-11)22-9-10-4-6-20(7-5-10)8-12(18)21/h1-3,10H,4-9H2,(H2,18,21). The van der Waals surface area contributed by atoms with Crippen LogP contribution in [0.3, 0.4) is 0 Å². The van der Waals surface area contributed by atoms with Crippen LogP contribution < -0.4 is 10.5 Å². The van der Waals surface area contributed by atoms with Gasteiger partial charge in [0.2, 0.25) is 11.8 Å². The number of carbonyl (C=O) groups is 1. The number of carbonyl (C=O) groups excluding carboxylic acids is 1. The van der Waals surface area contributed by atoms with Crippen molar-refractivity contribution in [2.75, 3.05) is 26.2 Å². The van der Waals surface area contributed by atoms with Crippen molar-refractivity contribution in [3.63, 3.8) is 0 Å². The first-order chi connectivity index (χ1) is 10.3. The van der Waals surface area contributed by atoms with Gasteiger partial charge in [0.1, 0.15) is 5.69 Å². The summed E-state index contributed by atoms with van der Waals surface area (Å²) in [6, 6.07) is 3.60. The van der Waals surface area contributed by atoms with Gasteiger partial charge in [0.15, 0.2) is 0 Å². The van der Waals surface area contributed by atoms with Gasteiger partial charge in [-0.05, 0) is 37.9 Å². The van der Waals surface area contributed by atoms with Crippen molar-refractivity contribution in [3.8, 4) is 5.88 Å². The maximum atomic E-state index is 12.5. The monoisotopic (exact) mass is 317 g/mol. The smallest absolute Gasteiger partial charge is 0.433 e. The molecule has 2 heterocycles. The van der Waals surface area contributed by atoms with Crippen molar-refractivity contribution in [1.82, 2.24) is 9.88 Å². The lowest BCUT2D eigenvalue weighted by Crippen LogP contribution is -2.40. The zero-order chi connectivity index (χ0) is 16.2. The Morgan fingerprint density at radius 1 is 1.36 bits per heavy atom. The number of pyridine rings is 1. The lowest BCUT2D eigenvalue weighted by Gasteiger charge is -2.30. The molecular formula is C14H18F3N3O2. The summed E-state index contributed by atoms with van der Waals surface area (Å²) in [4.78, 5) is 16.3. The average molecular weight is 317 g/mol. The summed E-state index contributed by atoms with van der Waals surface area (Å²) >= 11 is 0. The number of primary amides is 1. The van der Waals surface area contributed by atoms with Crippen molar-refractivity contribution >= 4 is 5.91 Å². The molecule has 5 nitrogen and oxygen atoms in total. The van der Waals surface area contributed by atoms with Crippen LogP contribution in [-0.2, 0) is 11.0 Å². The summed E-state index contributed by atoms with van der Waals surface area (Å²) in [5.74, 6) is -0.141. The maximum absolute atomic E-state index is 12.5. The number of rotatable bonds is 5. The molecule has 2 N–H and O–H groups in total. The topological polar surface area (TPSA) is 68.5 Å². The molecule has 1 saturated heterocycles. The second kappa shape index (κ2) is 6.95. The predicted octanol–water partition coefficient (Wildman–Crippen LogP) is 1.68. The molecule has 0 bridgehead atoms. The molecule has 0 saturated carbocycles. The summed E-state index contributed by atoms with van der Waals surface area (Å²) < 4.78 is 43.0. The van der Waals surface area contributed by atoms with Gasteiger partial charge in [0.25, 0.3) is 0 Å². The number of nitrogens with zero attached hydrogens (tertiary/aromatic N) is 2. The molecule has 1 fully saturated rings. The summed E-state index contributed by atoms with van der Waals surface area (Å²) in [7, 11) is 0. The van der Waals surface area contributed by atoms with Crippen molar-refractivity contribution in [2.24, 2.45) is 11.7 Å². The number of likely N-dealkylation sites (tertiary alicyclic amines) is 1. The minimum atomic E-state index is -4.47. The van der Waals surface area contributed by atoms with Gasteiger partial charge in [-0.3, -0.25) is 9.69 Å². The van der Waals surface area contributed by atoms with E-state index in [0.717, 1.165) is 32.0 Å². The van der Waals surface area contributed by atoms with Gasteiger partial charge < -0.3 is 10.5 Å². The number of ether oxygens (including phenoxy) is 1. The molecule has 0 aliphatic carbocycles. The number of alkyl halides is 3. The highest BCUT2D eigenvalue weighted by Crippen LogP contribution is 2.28. The first-order valence-corrected chi connectivity index (χ1v) is 7.02. The van der Waals surface area contributed by atoms with Gasteiger partial charge in [-0.1, -0.05) is 6.07 Å². The molecule has 8 heteroatoms. The third-order valence-corrected chi connectivity index (χ3v) is 3.57. The van der Waals surface area contributed by atoms with Gasteiger partial charge in [0, 0.05) is 6.07 Å². The number of nitrogens with two attached hydrogens (primary N) is 1. The molecule has 2 rings (SSSR count). The minimum absolute atomic E-state index is 0.0191. The fourth-order valence-corrected chi connectivity index (χ4v) is 2.39. The SMILES string of the molecule is NC(=O)CN1CCC(COc2cccc(C(F)(F)F)n2)CC1. The molecular weight excluding hydrogens is 299 g/mol. The predicted molar refractivity (Wildman–Crippen MR) is 73.1 cm³/mol. The first kappa shape index (κ1) is 16.5. The summed E-state index contributed by atoms with van der Waals surface area (Å²) in [5.41, 5.74) is 4.18. The summed E-state index contributed by atoms with van der Waals surface area (Å²) in [5, 5.41) is 0. The van der Waals surface area contributed by atoms with Crippen LogP contribution in [0.4, 0.5) is 13.2 Å². The Bertz CT molecular complexity index is 514. The van der Waals surface area contributed by atoms with Crippen molar-refractivity contribution < 1.29 is 22.7 Å². The Hall–Kier alpha value is -1.83. The van der Waals surface area contributed by atoms with Crippen LogP contribution in [0.5, 0.6) is 5.88 Å². The Balaban J connectivity index is 1.81. The second-order valence-electron chi connectivity index (χ2n) is 5.36. The molecule has 0 spiro atoms. The Morgan fingerprint density at radius 3 is 2.64 bits per heavy atom. The molecule has 0 unspecified atom stereocenters. The fraction of sp³-hybridized carbons (Fsp3) is 0.571. The molecule has 122 valence electrons. The molecule has 1 aromatic heterocycles. The number of hydrogen-bond donors (Lipinski definition) is 1. The summed E-state index contributed by atoms with van der Waals surface area (Å²) in [6.07, 6.45) is -2.85. The van der Waals surface area contributed by atoms with E-state index in [0.29, 0.717) is 6.61 Å². The van der Waals surface area contributed by atoms with Crippen LogP contribution >= 0.6 is 0 Å². The van der Waals surface area contributed by atoms with Crippen LogP contribution in [0.1, 0.15) is 18.5 Å². The lowest BCUT2D eigenvalue weighted by atomic mass is 9.98. The van der Waals surface area contributed by atoms with Crippen LogP contribution in [0.2, 0.25) is 0 Å². The zero-order valence-electron chi connectivity index (χ0n) is 12.0. The third kappa shape index (κ3) is 4.87.